The number of Topliss-reactive ketones (excluding diaryl/α,β-unsaturated/α-hetero) is 1. The van der Waals surface area contributed by atoms with Crippen LogP contribution in [-0.2, 0) is 42.9 Å². The third-order valence-electron chi connectivity index (χ3n) is 9.62. The van der Waals surface area contributed by atoms with Gasteiger partial charge in [-0.25, -0.2) is 4.79 Å². The van der Waals surface area contributed by atoms with Crippen LogP contribution in [0, 0.1) is 29.1 Å². The number of rotatable bonds is 6. The number of esters is 3. The Morgan fingerprint density at radius 1 is 1.07 bits per heavy atom. The van der Waals surface area contributed by atoms with E-state index in [9.17, 15) is 24.3 Å². The van der Waals surface area contributed by atoms with Gasteiger partial charge in [0.15, 0.2) is 17.0 Å². The molecule has 4 aliphatic rings. The molecule has 0 aromatic heterocycles. The Kier molecular flexibility index (Phi) is 7.88. The first-order chi connectivity index (χ1) is 18.6. The molecule has 10 nitrogen and oxygen atoms in total. The molecule has 1 aliphatic heterocycles. The van der Waals surface area contributed by atoms with Crippen LogP contribution >= 0.6 is 0 Å². The van der Waals surface area contributed by atoms with Gasteiger partial charge in [0.05, 0.1) is 5.92 Å². The second-order valence-electron chi connectivity index (χ2n) is 12.4. The van der Waals surface area contributed by atoms with Crippen LogP contribution in [0.15, 0.2) is 23.3 Å². The van der Waals surface area contributed by atoms with E-state index in [1.54, 1.807) is 39.8 Å². The first kappa shape index (κ1) is 30.4. The summed E-state index contributed by atoms with van der Waals surface area (Å²) in [6.45, 7) is 13.2. The molecule has 2 saturated carbocycles. The van der Waals surface area contributed by atoms with Gasteiger partial charge in [0.25, 0.3) is 0 Å². The number of aliphatic hydroxyl groups excluding tert-OH is 1. The van der Waals surface area contributed by atoms with Crippen LogP contribution < -0.4 is 0 Å². The van der Waals surface area contributed by atoms with Crippen LogP contribution in [0.1, 0.15) is 61.8 Å². The molecule has 0 unspecified atom stereocenters. The molecule has 3 aliphatic carbocycles. The zero-order valence-electron chi connectivity index (χ0n) is 24.8. The molecule has 4 rings (SSSR count). The number of aliphatic hydroxyl groups is 1. The smallest absolute Gasteiger partial charge is 0.334 e. The Morgan fingerprint density at radius 3 is 2.20 bits per heavy atom. The molecule has 3 fully saturated rings. The lowest BCUT2D eigenvalue weighted by Crippen LogP contribution is -2.43. The van der Waals surface area contributed by atoms with Crippen molar-refractivity contribution in [2.75, 3.05) is 13.7 Å². The number of ketones is 1. The minimum absolute atomic E-state index is 0.120. The van der Waals surface area contributed by atoms with E-state index in [1.165, 1.54) is 21.0 Å². The van der Waals surface area contributed by atoms with Gasteiger partial charge in [0, 0.05) is 50.9 Å². The van der Waals surface area contributed by atoms with Gasteiger partial charge >= 0.3 is 17.9 Å². The molecule has 0 aromatic rings. The van der Waals surface area contributed by atoms with Gasteiger partial charge in [-0.05, 0) is 44.3 Å². The van der Waals surface area contributed by atoms with Crippen molar-refractivity contribution in [2.45, 2.75) is 97.4 Å². The van der Waals surface area contributed by atoms with Crippen LogP contribution in [0.2, 0.25) is 0 Å². The van der Waals surface area contributed by atoms with E-state index < -0.39 is 70.8 Å². The fraction of sp³-hybridized carbons (Fsp3) is 0.733. The Morgan fingerprint density at radius 2 is 1.68 bits per heavy atom. The largest absolute Gasteiger partial charge is 0.461 e. The quantitative estimate of drug-likeness (QED) is 0.169. The van der Waals surface area contributed by atoms with Gasteiger partial charge in [-0.15, -0.1) is 0 Å². The van der Waals surface area contributed by atoms with Gasteiger partial charge in [0.2, 0.25) is 0 Å². The molecular weight excluding hydrogens is 520 g/mol. The van der Waals surface area contributed by atoms with Crippen LogP contribution in [0.25, 0.3) is 0 Å². The maximum absolute atomic E-state index is 14.3. The highest BCUT2D eigenvalue weighted by Gasteiger charge is 2.84. The van der Waals surface area contributed by atoms with Gasteiger partial charge < -0.3 is 28.8 Å². The normalized spacial score (nSPS) is 43.1. The zero-order chi connectivity index (χ0) is 29.9. The maximum atomic E-state index is 14.3. The second kappa shape index (κ2) is 10.4. The summed E-state index contributed by atoms with van der Waals surface area (Å²) in [7, 11) is 1.54. The number of allylic oxidation sites excluding steroid dienone is 1. The molecule has 1 N–H and O–H groups in total. The van der Waals surface area contributed by atoms with Crippen molar-refractivity contribution in [3.05, 3.63) is 23.3 Å². The van der Waals surface area contributed by atoms with E-state index in [0.717, 1.165) is 0 Å². The summed E-state index contributed by atoms with van der Waals surface area (Å²) in [5.74, 6) is -3.74. The fourth-order valence-corrected chi connectivity index (χ4v) is 7.47. The van der Waals surface area contributed by atoms with Crippen molar-refractivity contribution in [1.29, 1.82) is 0 Å². The van der Waals surface area contributed by atoms with E-state index in [1.807, 2.05) is 13.8 Å². The number of carbonyl (C=O) groups is 4. The number of fused-ring (bicyclic) bond motifs is 1. The third-order valence-corrected chi connectivity index (χ3v) is 9.62. The van der Waals surface area contributed by atoms with Gasteiger partial charge in [-0.2, -0.15) is 0 Å². The average molecular weight is 563 g/mol. The predicted molar refractivity (Wildman–Crippen MR) is 142 cm³/mol. The molecule has 0 amide bonds. The lowest BCUT2D eigenvalue weighted by atomic mass is 9.80. The molecule has 10 atom stereocenters. The summed E-state index contributed by atoms with van der Waals surface area (Å²) in [4.78, 5) is 51.8. The molecule has 1 saturated heterocycles. The Labute approximate surface area is 235 Å². The molecule has 0 radical (unpaired) electrons. The summed E-state index contributed by atoms with van der Waals surface area (Å²) in [5, 5.41) is 10.2. The number of ether oxygens (including phenoxy) is 5. The standard InChI is InChI=1S/C30H42O10/c1-10-14(2)27(35)39-22-15(3)11-30-26(38-18(6)33)19(13-31)12-29(30,40-30)25(34)16(4)23(37-17(5)32)20-21(24(22)36-9)28(20,7)8/h10-11,16,19-24,26,31H,12-13H2,1-9H3/b14-10-,15-11-/t16-,19+,20+,21-,22-,23+,24+,26+,29+,30+/m1/s1. The summed E-state index contributed by atoms with van der Waals surface area (Å²) in [6.07, 6.45) is 0.213. The van der Waals surface area contributed by atoms with Crippen LogP contribution in [0.5, 0.6) is 0 Å². The highest BCUT2D eigenvalue weighted by atomic mass is 16.7. The van der Waals surface area contributed by atoms with Crippen LogP contribution in [0.3, 0.4) is 0 Å². The van der Waals surface area contributed by atoms with E-state index in [4.69, 9.17) is 23.7 Å². The Balaban J connectivity index is 1.93. The zero-order valence-corrected chi connectivity index (χ0v) is 24.8. The van der Waals surface area contributed by atoms with Crippen molar-refractivity contribution in [3.63, 3.8) is 0 Å². The van der Waals surface area contributed by atoms with E-state index in [0.29, 0.717) is 11.1 Å². The first-order valence-electron chi connectivity index (χ1n) is 13.9. The summed E-state index contributed by atoms with van der Waals surface area (Å²) in [6, 6.07) is 0. The van der Waals surface area contributed by atoms with E-state index in [-0.39, 0.29) is 30.6 Å². The maximum Gasteiger partial charge on any atom is 0.334 e. The van der Waals surface area contributed by atoms with Gasteiger partial charge in [-0.3, -0.25) is 14.4 Å². The number of carbonyl (C=O) groups excluding carboxylic acids is 4. The Hall–Kier alpha value is -2.56. The van der Waals surface area contributed by atoms with Crippen molar-refractivity contribution in [1.82, 2.24) is 0 Å². The summed E-state index contributed by atoms with van der Waals surface area (Å²) < 4.78 is 29.9. The lowest BCUT2D eigenvalue weighted by molar-refractivity contribution is -0.154. The average Bonchev–Trinajstić information content (AvgIpc) is 3.67. The number of hydrogen-bond donors (Lipinski definition) is 1. The topological polar surface area (TPSA) is 138 Å². The van der Waals surface area contributed by atoms with Crippen LogP contribution in [0.4, 0.5) is 0 Å². The van der Waals surface area contributed by atoms with Crippen molar-refractivity contribution < 1.29 is 48.0 Å². The molecule has 222 valence electrons. The fourth-order valence-electron chi connectivity index (χ4n) is 7.47. The highest BCUT2D eigenvalue weighted by Crippen LogP contribution is 2.68. The monoisotopic (exact) mass is 562 g/mol. The van der Waals surface area contributed by atoms with Gasteiger partial charge in [0.1, 0.15) is 24.4 Å². The van der Waals surface area contributed by atoms with Gasteiger partial charge in [-0.1, -0.05) is 26.8 Å². The molecule has 40 heavy (non-hydrogen) atoms. The molecule has 0 aromatic carbocycles. The lowest BCUT2D eigenvalue weighted by Gasteiger charge is -2.30. The van der Waals surface area contributed by atoms with E-state index in [2.05, 4.69) is 0 Å². The van der Waals surface area contributed by atoms with Crippen molar-refractivity contribution in [3.8, 4) is 0 Å². The molecule has 1 heterocycles. The minimum Gasteiger partial charge on any atom is -0.461 e. The second-order valence-corrected chi connectivity index (χ2v) is 12.4. The minimum atomic E-state index is -1.41. The summed E-state index contributed by atoms with van der Waals surface area (Å²) >= 11 is 0. The summed E-state index contributed by atoms with van der Waals surface area (Å²) in [5.41, 5.74) is -2.23. The predicted octanol–water partition coefficient (Wildman–Crippen LogP) is 2.70. The molecule has 0 spiro atoms. The highest BCUT2D eigenvalue weighted by molar-refractivity contribution is 5.96. The van der Waals surface area contributed by atoms with E-state index >= 15 is 0 Å². The number of epoxide rings is 1. The number of methoxy groups -OCH3 is 1. The first-order valence-corrected chi connectivity index (χ1v) is 13.9. The van der Waals surface area contributed by atoms with Crippen molar-refractivity contribution in [2.24, 2.45) is 29.1 Å². The third kappa shape index (κ3) is 4.52. The molecular formula is C30H42O10. The van der Waals surface area contributed by atoms with Crippen LogP contribution in [-0.4, -0.2) is 78.1 Å². The van der Waals surface area contributed by atoms with Crippen molar-refractivity contribution >= 4 is 23.7 Å². The number of hydrogen-bond acceptors (Lipinski definition) is 10. The molecule has 10 heteroatoms. The SMILES string of the molecule is C/C=C(/C)C(=O)O[C@@H]1/C(C)=C\[C@@]23O[C@@]2(C[C@@H](CO)[C@@H]3OC(C)=O)C(=O)[C@H](C)[C@H](OC(C)=O)[C@@H]2[C@H]([C@@H]1OC)C2(C)C. The molecule has 0 bridgehead atoms. The Bertz CT molecular complexity index is 1150.